The van der Waals surface area contributed by atoms with Gasteiger partial charge in [-0.05, 0) is 66.4 Å². The van der Waals surface area contributed by atoms with Crippen LogP contribution in [0.25, 0.3) is 0 Å². The van der Waals surface area contributed by atoms with Crippen molar-refractivity contribution in [1.82, 2.24) is 0 Å². The third-order valence-electron chi connectivity index (χ3n) is 8.14. The fraction of sp³-hybridized carbons (Fsp3) is 0.424. The fourth-order valence-electron chi connectivity index (χ4n) is 5.69. The minimum Gasteiger partial charge on any atom is -0.508 e. The minimum absolute atomic E-state index is 0.00183. The summed E-state index contributed by atoms with van der Waals surface area (Å²) in [5.41, 5.74) is 2.32. The number of rotatable bonds is 12. The van der Waals surface area contributed by atoms with E-state index in [0.29, 0.717) is 29.9 Å². The molecule has 0 radical (unpaired) electrons. The number of carbonyl (C=O) groups excluding carboxylic acids is 1. The fourth-order valence-corrected chi connectivity index (χ4v) is 5.69. The van der Waals surface area contributed by atoms with Gasteiger partial charge in [0.1, 0.15) is 30.2 Å². The Labute approximate surface area is 265 Å². The molecular weight excluding hydrogens is 604 g/mol. The number of esters is 1. The van der Waals surface area contributed by atoms with Crippen LogP contribution in [0.4, 0.5) is 0 Å². The molecule has 1 fully saturated rings. The molecule has 46 heavy (non-hydrogen) atoms. The van der Waals surface area contributed by atoms with E-state index < -0.39 is 55.3 Å². The Balaban J connectivity index is 1.48. The summed E-state index contributed by atoms with van der Waals surface area (Å²) in [5.74, 6) is -0.363. The number of aromatic hydroxyl groups is 2. The summed E-state index contributed by atoms with van der Waals surface area (Å²) >= 11 is 0. The number of phenolic OH excluding ortho intramolecular Hbond substituents is 2. The number of phenols is 2. The van der Waals surface area contributed by atoms with E-state index in [-0.39, 0.29) is 36.0 Å². The van der Waals surface area contributed by atoms with Crippen molar-refractivity contribution < 1.29 is 63.9 Å². The summed E-state index contributed by atoms with van der Waals surface area (Å²) in [4.78, 5) is 13.0. The summed E-state index contributed by atoms with van der Waals surface area (Å²) < 4.78 is 35.0. The second kappa shape index (κ2) is 14.5. The summed E-state index contributed by atoms with van der Waals surface area (Å²) in [5, 5.41) is 60.6. The number of aliphatic hydroxyl groups excluding tert-OH is 4. The van der Waals surface area contributed by atoms with Crippen LogP contribution in [0.15, 0.2) is 54.6 Å². The summed E-state index contributed by atoms with van der Waals surface area (Å²) in [7, 11) is 2.94. The quantitative estimate of drug-likeness (QED) is 0.157. The number of ether oxygens (including phenoxy) is 6. The molecule has 5 rings (SSSR count). The zero-order valence-corrected chi connectivity index (χ0v) is 25.3. The van der Waals surface area contributed by atoms with Crippen LogP contribution in [0.2, 0.25) is 0 Å². The van der Waals surface area contributed by atoms with Crippen LogP contribution in [-0.2, 0) is 20.6 Å². The molecule has 0 saturated carbocycles. The Bertz CT molecular complexity index is 1490. The van der Waals surface area contributed by atoms with Gasteiger partial charge in [0.05, 0.1) is 38.9 Å². The topological polar surface area (TPSA) is 194 Å². The standard InChI is InChI=1S/C33H38O13/c1-41-24-14-19(7-10-23(24)37)29-22(21-12-17(4-3-11-34)13-25(42-2)30(21)45-29)16-43-33-31(28(39)27(38)26(15-35)44-33)46-32(40)18-5-8-20(36)9-6-18/h5-10,12-14,22,26-29,31,33-39H,3-4,11,15-16H2,1-2H3/t22-,26+,27+,28-,29+,31+,33+/m0/s1. The Hall–Kier alpha value is -4.11. The summed E-state index contributed by atoms with van der Waals surface area (Å²) in [6.07, 6.45) is -7.02. The van der Waals surface area contributed by atoms with E-state index in [4.69, 9.17) is 28.4 Å². The predicted molar refractivity (Wildman–Crippen MR) is 160 cm³/mol. The van der Waals surface area contributed by atoms with Crippen molar-refractivity contribution in [1.29, 1.82) is 0 Å². The molecule has 6 N–H and O–H groups in total. The molecule has 0 aliphatic carbocycles. The van der Waals surface area contributed by atoms with Gasteiger partial charge in [-0.1, -0.05) is 12.1 Å². The molecule has 248 valence electrons. The van der Waals surface area contributed by atoms with Gasteiger partial charge in [0.15, 0.2) is 35.4 Å². The van der Waals surface area contributed by atoms with Gasteiger partial charge in [-0.25, -0.2) is 4.79 Å². The van der Waals surface area contributed by atoms with Gasteiger partial charge in [0.2, 0.25) is 0 Å². The van der Waals surface area contributed by atoms with E-state index in [1.54, 1.807) is 12.1 Å². The van der Waals surface area contributed by atoms with Crippen LogP contribution < -0.4 is 14.2 Å². The van der Waals surface area contributed by atoms with Crippen LogP contribution in [0.5, 0.6) is 28.7 Å². The molecular formula is C33H38O13. The first-order chi connectivity index (χ1) is 22.2. The highest BCUT2D eigenvalue weighted by molar-refractivity contribution is 5.89. The van der Waals surface area contributed by atoms with Crippen molar-refractivity contribution in [3.8, 4) is 28.7 Å². The average Bonchev–Trinajstić information content (AvgIpc) is 3.43. The second-order valence-corrected chi connectivity index (χ2v) is 11.1. The maximum atomic E-state index is 13.0. The smallest absolute Gasteiger partial charge is 0.338 e. The van der Waals surface area contributed by atoms with Gasteiger partial charge in [-0.15, -0.1) is 0 Å². The van der Waals surface area contributed by atoms with Crippen molar-refractivity contribution in [2.24, 2.45) is 0 Å². The number of aryl methyl sites for hydroxylation is 1. The van der Waals surface area contributed by atoms with Gasteiger partial charge in [0.25, 0.3) is 0 Å². The first-order valence-electron chi connectivity index (χ1n) is 14.8. The van der Waals surface area contributed by atoms with Crippen LogP contribution in [0.1, 0.15) is 45.5 Å². The third-order valence-corrected chi connectivity index (χ3v) is 8.14. The molecule has 7 atom stereocenters. The molecule has 2 aliphatic heterocycles. The molecule has 0 amide bonds. The lowest BCUT2D eigenvalue weighted by Crippen LogP contribution is -2.60. The zero-order valence-electron chi connectivity index (χ0n) is 25.3. The maximum Gasteiger partial charge on any atom is 0.338 e. The number of carbonyl (C=O) groups is 1. The van der Waals surface area contributed by atoms with E-state index in [1.165, 1.54) is 44.6 Å². The number of methoxy groups -OCH3 is 2. The lowest BCUT2D eigenvalue weighted by molar-refractivity contribution is -0.301. The Kier molecular flexibility index (Phi) is 10.5. The number of hydrogen-bond donors (Lipinski definition) is 6. The highest BCUT2D eigenvalue weighted by Crippen LogP contribution is 2.52. The van der Waals surface area contributed by atoms with Gasteiger partial charge < -0.3 is 59.1 Å². The molecule has 3 aromatic rings. The van der Waals surface area contributed by atoms with E-state index in [9.17, 15) is 35.4 Å². The Morgan fingerprint density at radius 3 is 2.33 bits per heavy atom. The normalized spacial score (nSPS) is 25.4. The molecule has 0 spiro atoms. The van der Waals surface area contributed by atoms with Crippen molar-refractivity contribution in [2.45, 2.75) is 55.6 Å². The number of fused-ring (bicyclic) bond motifs is 1. The monoisotopic (exact) mass is 642 g/mol. The molecule has 13 nitrogen and oxygen atoms in total. The summed E-state index contributed by atoms with van der Waals surface area (Å²) in [6, 6.07) is 13.8. The summed E-state index contributed by atoms with van der Waals surface area (Å²) in [6.45, 7) is -0.762. The molecule has 13 heteroatoms. The van der Waals surface area contributed by atoms with Gasteiger partial charge in [0, 0.05) is 12.2 Å². The number of hydrogen-bond acceptors (Lipinski definition) is 13. The molecule has 2 heterocycles. The maximum absolute atomic E-state index is 13.0. The minimum atomic E-state index is -1.67. The van der Waals surface area contributed by atoms with Crippen molar-refractivity contribution in [3.05, 3.63) is 76.9 Å². The second-order valence-electron chi connectivity index (χ2n) is 11.1. The third kappa shape index (κ3) is 6.84. The number of benzene rings is 3. The first kappa shape index (κ1) is 33.3. The first-order valence-corrected chi connectivity index (χ1v) is 14.8. The van der Waals surface area contributed by atoms with Gasteiger partial charge in [-0.2, -0.15) is 0 Å². The van der Waals surface area contributed by atoms with Gasteiger partial charge >= 0.3 is 5.97 Å². The molecule has 0 aromatic heterocycles. The van der Waals surface area contributed by atoms with E-state index >= 15 is 0 Å². The van der Waals surface area contributed by atoms with Gasteiger partial charge in [-0.3, -0.25) is 0 Å². The molecule has 2 aliphatic rings. The predicted octanol–water partition coefficient (Wildman–Crippen LogP) is 1.94. The van der Waals surface area contributed by atoms with Crippen LogP contribution in [-0.4, -0.2) is 101 Å². The van der Waals surface area contributed by atoms with Crippen molar-refractivity contribution in [3.63, 3.8) is 0 Å². The van der Waals surface area contributed by atoms with Crippen molar-refractivity contribution >= 4 is 5.97 Å². The van der Waals surface area contributed by atoms with Crippen molar-refractivity contribution in [2.75, 3.05) is 34.0 Å². The van der Waals surface area contributed by atoms with Crippen LogP contribution >= 0.6 is 0 Å². The lowest BCUT2D eigenvalue weighted by Gasteiger charge is -2.41. The Morgan fingerprint density at radius 1 is 0.913 bits per heavy atom. The number of aliphatic hydroxyl groups is 4. The molecule has 0 bridgehead atoms. The zero-order chi connectivity index (χ0) is 33.0. The Morgan fingerprint density at radius 2 is 1.65 bits per heavy atom. The molecule has 3 aromatic carbocycles. The van der Waals surface area contributed by atoms with E-state index in [2.05, 4.69) is 0 Å². The highest BCUT2D eigenvalue weighted by Gasteiger charge is 2.48. The lowest BCUT2D eigenvalue weighted by atomic mass is 9.90. The van der Waals surface area contributed by atoms with Crippen LogP contribution in [0, 0.1) is 0 Å². The van der Waals surface area contributed by atoms with E-state index in [0.717, 1.165) is 11.1 Å². The average molecular weight is 643 g/mol. The molecule has 1 saturated heterocycles. The highest BCUT2D eigenvalue weighted by atomic mass is 16.7. The molecule has 0 unspecified atom stereocenters. The SMILES string of the molecule is COc1cc([C@H]2Oc3c(OC)cc(CCCO)cc3[C@@H]2CO[C@@H]2O[C@H](CO)[C@@H](O)[C@H](O)[C@H]2OC(=O)c2ccc(O)cc2)ccc1O. The van der Waals surface area contributed by atoms with Crippen LogP contribution in [0.3, 0.4) is 0 Å². The van der Waals surface area contributed by atoms with E-state index in [1.807, 2.05) is 12.1 Å². The largest absolute Gasteiger partial charge is 0.508 e.